The molecule has 0 saturated carbocycles. The van der Waals surface area contributed by atoms with Crippen LogP contribution in [0.25, 0.3) is 0 Å². The van der Waals surface area contributed by atoms with Crippen molar-refractivity contribution in [2.45, 2.75) is 24.3 Å². The molecule has 3 rings (SSSR count). The zero-order valence-corrected chi connectivity index (χ0v) is 11.9. The number of sulfonamides is 1. The van der Waals surface area contributed by atoms with Gasteiger partial charge in [-0.2, -0.15) is 0 Å². The monoisotopic (exact) mass is 306 g/mol. The van der Waals surface area contributed by atoms with E-state index in [0.717, 1.165) is 5.56 Å². The molecule has 2 heterocycles. The second-order valence-electron chi connectivity index (χ2n) is 4.77. The third-order valence-corrected chi connectivity index (χ3v) is 4.70. The summed E-state index contributed by atoms with van der Waals surface area (Å²) >= 11 is 0. The first-order valence-electron chi connectivity index (χ1n) is 6.49. The number of anilines is 1. The molecule has 2 N–H and O–H groups in total. The van der Waals surface area contributed by atoms with Gasteiger partial charge in [0.15, 0.2) is 0 Å². The maximum absolute atomic E-state index is 12.2. The van der Waals surface area contributed by atoms with Crippen molar-refractivity contribution in [2.75, 3.05) is 5.32 Å². The molecule has 1 aromatic carbocycles. The number of rotatable bonds is 4. The maximum Gasteiger partial charge on any atom is 0.240 e. The van der Waals surface area contributed by atoms with Crippen molar-refractivity contribution >= 4 is 21.6 Å². The highest BCUT2D eigenvalue weighted by Crippen LogP contribution is 2.25. The number of hydrogen-bond acceptors (Lipinski definition) is 4. The average molecular weight is 306 g/mol. The zero-order valence-electron chi connectivity index (χ0n) is 11.1. The van der Waals surface area contributed by atoms with Gasteiger partial charge in [-0.3, -0.25) is 4.79 Å². The number of hydrogen-bond donors (Lipinski definition) is 2. The fourth-order valence-electron chi connectivity index (χ4n) is 2.19. The lowest BCUT2D eigenvalue weighted by Gasteiger charge is -2.17. The van der Waals surface area contributed by atoms with Crippen LogP contribution in [0.1, 0.15) is 17.7 Å². The van der Waals surface area contributed by atoms with Crippen molar-refractivity contribution in [3.63, 3.8) is 0 Å². The summed E-state index contributed by atoms with van der Waals surface area (Å²) in [5.41, 5.74) is 1.51. The first-order chi connectivity index (χ1) is 10.0. The van der Waals surface area contributed by atoms with Gasteiger partial charge in [-0.15, -0.1) is 0 Å². The van der Waals surface area contributed by atoms with Crippen molar-refractivity contribution in [1.82, 2.24) is 4.72 Å². The van der Waals surface area contributed by atoms with E-state index in [1.54, 1.807) is 24.3 Å². The van der Waals surface area contributed by atoms with Gasteiger partial charge < -0.3 is 9.73 Å². The van der Waals surface area contributed by atoms with Gasteiger partial charge in [0.2, 0.25) is 15.9 Å². The lowest BCUT2D eigenvalue weighted by atomic mass is 10.0. The normalized spacial score (nSPS) is 14.6. The number of nitrogens with one attached hydrogen (secondary N) is 2. The summed E-state index contributed by atoms with van der Waals surface area (Å²) in [7, 11) is -3.61. The van der Waals surface area contributed by atoms with E-state index >= 15 is 0 Å². The predicted octanol–water partition coefficient (Wildman–Crippen LogP) is 1.64. The number of fused-ring (bicyclic) bond motifs is 1. The van der Waals surface area contributed by atoms with Crippen LogP contribution in [0.3, 0.4) is 0 Å². The van der Waals surface area contributed by atoms with E-state index in [1.165, 1.54) is 12.3 Å². The molecule has 0 bridgehead atoms. The topological polar surface area (TPSA) is 88.4 Å². The SMILES string of the molecule is O=C1CCc2cc(S(=O)(=O)NCc3ccco3)ccc2N1. The van der Waals surface area contributed by atoms with Crippen LogP contribution in [0.4, 0.5) is 5.69 Å². The van der Waals surface area contributed by atoms with Gasteiger partial charge in [-0.25, -0.2) is 13.1 Å². The van der Waals surface area contributed by atoms with E-state index in [4.69, 9.17) is 4.42 Å². The molecule has 2 aromatic rings. The Balaban J connectivity index is 1.81. The summed E-state index contributed by atoms with van der Waals surface area (Å²) < 4.78 is 32.1. The van der Waals surface area contributed by atoms with E-state index in [1.807, 2.05) is 0 Å². The zero-order chi connectivity index (χ0) is 14.9. The van der Waals surface area contributed by atoms with Gasteiger partial charge >= 0.3 is 0 Å². The summed E-state index contributed by atoms with van der Waals surface area (Å²) in [6.07, 6.45) is 2.41. The van der Waals surface area contributed by atoms with Crippen molar-refractivity contribution in [3.8, 4) is 0 Å². The molecule has 21 heavy (non-hydrogen) atoms. The van der Waals surface area contributed by atoms with Crippen molar-refractivity contribution in [1.29, 1.82) is 0 Å². The second kappa shape index (κ2) is 5.34. The van der Waals surface area contributed by atoms with E-state index < -0.39 is 10.0 Å². The molecule has 0 fully saturated rings. The summed E-state index contributed by atoms with van der Waals surface area (Å²) in [6.45, 7) is 0.100. The highest BCUT2D eigenvalue weighted by molar-refractivity contribution is 7.89. The lowest BCUT2D eigenvalue weighted by molar-refractivity contribution is -0.116. The molecule has 0 radical (unpaired) electrons. The molecule has 1 amide bonds. The van der Waals surface area contributed by atoms with Crippen LogP contribution in [0.15, 0.2) is 45.9 Å². The third kappa shape index (κ3) is 2.98. The minimum atomic E-state index is -3.61. The van der Waals surface area contributed by atoms with E-state index in [-0.39, 0.29) is 17.3 Å². The number of aryl methyl sites for hydroxylation is 1. The van der Waals surface area contributed by atoms with Gasteiger partial charge in [0.25, 0.3) is 0 Å². The second-order valence-corrected chi connectivity index (χ2v) is 6.54. The third-order valence-electron chi connectivity index (χ3n) is 3.30. The van der Waals surface area contributed by atoms with E-state index in [2.05, 4.69) is 10.0 Å². The molecular formula is C14H14N2O4S. The van der Waals surface area contributed by atoms with Crippen molar-refractivity contribution < 1.29 is 17.6 Å². The molecule has 0 atom stereocenters. The Morgan fingerprint density at radius 3 is 2.86 bits per heavy atom. The average Bonchev–Trinajstić information content (AvgIpc) is 2.98. The Bertz CT molecular complexity index is 766. The lowest BCUT2D eigenvalue weighted by Crippen LogP contribution is -2.24. The minimum Gasteiger partial charge on any atom is -0.468 e. The van der Waals surface area contributed by atoms with Crippen molar-refractivity contribution in [2.24, 2.45) is 0 Å². The smallest absolute Gasteiger partial charge is 0.240 e. The summed E-state index contributed by atoms with van der Waals surface area (Å²) in [6, 6.07) is 8.10. The molecular weight excluding hydrogens is 292 g/mol. The molecule has 6 nitrogen and oxygen atoms in total. The molecule has 0 aliphatic carbocycles. The highest BCUT2D eigenvalue weighted by atomic mass is 32.2. The Morgan fingerprint density at radius 2 is 2.10 bits per heavy atom. The minimum absolute atomic E-state index is 0.0472. The quantitative estimate of drug-likeness (QED) is 0.899. The van der Waals surface area contributed by atoms with Crippen molar-refractivity contribution in [3.05, 3.63) is 47.9 Å². The Morgan fingerprint density at radius 1 is 1.24 bits per heavy atom. The van der Waals surface area contributed by atoms with Gasteiger partial charge in [0.05, 0.1) is 17.7 Å². The van der Waals surface area contributed by atoms with Crippen LogP contribution in [-0.4, -0.2) is 14.3 Å². The van der Waals surface area contributed by atoms with Crippen LogP contribution < -0.4 is 10.0 Å². The largest absolute Gasteiger partial charge is 0.468 e. The Kier molecular flexibility index (Phi) is 3.52. The van der Waals surface area contributed by atoms with E-state index in [0.29, 0.717) is 24.3 Å². The number of benzene rings is 1. The molecule has 1 aliphatic rings. The number of carbonyl (C=O) groups is 1. The summed E-state index contributed by atoms with van der Waals surface area (Å²) in [4.78, 5) is 11.5. The number of amides is 1. The molecule has 0 spiro atoms. The number of furan rings is 1. The first kappa shape index (κ1) is 13.8. The van der Waals surface area contributed by atoms with Crippen LogP contribution in [-0.2, 0) is 27.8 Å². The standard InChI is InChI=1S/C14H14N2O4S/c17-14-6-3-10-8-12(4-5-13(10)16-14)21(18,19)15-9-11-2-1-7-20-11/h1-2,4-5,7-8,15H,3,6,9H2,(H,16,17). The fraction of sp³-hybridized carbons (Fsp3) is 0.214. The summed E-state index contributed by atoms with van der Waals surface area (Å²) in [5.74, 6) is 0.498. The highest BCUT2D eigenvalue weighted by Gasteiger charge is 2.19. The Labute approximate surface area is 122 Å². The van der Waals surface area contributed by atoms with Gasteiger partial charge in [-0.05, 0) is 42.3 Å². The predicted molar refractivity (Wildman–Crippen MR) is 76.1 cm³/mol. The van der Waals surface area contributed by atoms with Gasteiger partial charge in [0.1, 0.15) is 5.76 Å². The number of carbonyl (C=O) groups excluding carboxylic acids is 1. The molecule has 0 unspecified atom stereocenters. The molecule has 110 valence electrons. The summed E-state index contributed by atoms with van der Waals surface area (Å²) in [5, 5.41) is 2.72. The van der Waals surface area contributed by atoms with Gasteiger partial charge in [-0.1, -0.05) is 0 Å². The molecule has 1 aromatic heterocycles. The van der Waals surface area contributed by atoms with Crippen LogP contribution >= 0.6 is 0 Å². The first-order valence-corrected chi connectivity index (χ1v) is 7.98. The van der Waals surface area contributed by atoms with Crippen LogP contribution in [0, 0.1) is 0 Å². The maximum atomic E-state index is 12.2. The molecule has 1 aliphatic heterocycles. The van der Waals surface area contributed by atoms with Crippen LogP contribution in [0.2, 0.25) is 0 Å². The molecule has 0 saturated heterocycles. The molecule has 7 heteroatoms. The Hall–Kier alpha value is -2.12. The van der Waals surface area contributed by atoms with Gasteiger partial charge in [0, 0.05) is 12.1 Å². The fourth-order valence-corrected chi connectivity index (χ4v) is 3.23. The van der Waals surface area contributed by atoms with Crippen LogP contribution in [0.5, 0.6) is 0 Å². The van der Waals surface area contributed by atoms with E-state index in [9.17, 15) is 13.2 Å².